The molecule has 1 unspecified atom stereocenters. The van der Waals surface area contributed by atoms with Crippen molar-refractivity contribution in [3.05, 3.63) is 123 Å². The van der Waals surface area contributed by atoms with Crippen LogP contribution in [0.4, 0.5) is 0 Å². The summed E-state index contributed by atoms with van der Waals surface area (Å²) in [5, 5.41) is 24.2. The van der Waals surface area contributed by atoms with Crippen LogP contribution in [0.3, 0.4) is 0 Å². The summed E-state index contributed by atoms with van der Waals surface area (Å²) in [4.78, 5) is 76.6. The minimum atomic E-state index is -1.64. The topological polar surface area (TPSA) is 192 Å². The quantitative estimate of drug-likeness (QED) is 0.0982. The largest absolute Gasteiger partial charge is 2.00 e. The van der Waals surface area contributed by atoms with Gasteiger partial charge in [0.15, 0.2) is 11.4 Å². The van der Waals surface area contributed by atoms with Gasteiger partial charge in [-0.15, -0.1) is 0 Å². The summed E-state index contributed by atoms with van der Waals surface area (Å²) < 4.78 is 25.2. The van der Waals surface area contributed by atoms with Crippen molar-refractivity contribution < 1.29 is 89.0 Å². The number of amides is 1. The van der Waals surface area contributed by atoms with Crippen LogP contribution in [0.1, 0.15) is 93.6 Å². The van der Waals surface area contributed by atoms with Crippen molar-refractivity contribution in [3.8, 4) is 0 Å². The van der Waals surface area contributed by atoms with E-state index in [1.165, 1.54) is 20.1 Å². The van der Waals surface area contributed by atoms with E-state index in [-0.39, 0.29) is 50.0 Å². The third-order valence-electron chi connectivity index (χ3n) is 13.5. The molecule has 1 amide bonds. The molecule has 15 heteroatoms. The molecule has 3 fully saturated rings. The maximum atomic E-state index is 14.8. The number of hydrogen-bond donors (Lipinski definition) is 3. The summed E-state index contributed by atoms with van der Waals surface area (Å²) in [6.45, 7) is 11.9. The summed E-state index contributed by atoms with van der Waals surface area (Å²) in [7, 11) is 0. The Balaban J connectivity index is 0.000000287. The number of halogens is 1. The van der Waals surface area contributed by atoms with Crippen LogP contribution in [0.5, 0.6) is 0 Å². The number of benzene rings is 3. The molecule has 3 N–H and O–H groups in total. The number of carbonyl (C=O) groups excluding carboxylic acids is 6. The second-order valence-corrected chi connectivity index (χ2v) is 18.6. The van der Waals surface area contributed by atoms with Gasteiger partial charge in [0.25, 0.3) is 5.91 Å². The maximum Gasteiger partial charge on any atom is 2.00 e. The average molecular weight is 1200 g/mol. The summed E-state index contributed by atoms with van der Waals surface area (Å²) in [5.74, 6) is -3.70. The molecule has 3 aliphatic carbocycles. The molecule has 13 nitrogen and oxygen atoms in total. The molecule has 2 bridgehead atoms. The zero-order chi connectivity index (χ0) is 45.4. The van der Waals surface area contributed by atoms with Gasteiger partial charge < -0.3 is 39.3 Å². The zero-order valence-electron chi connectivity index (χ0n) is 36.2. The first-order valence-electron chi connectivity index (χ1n) is 20.4. The normalized spacial score (nSPS) is 29.8. The van der Waals surface area contributed by atoms with E-state index in [2.05, 4.69) is 27.9 Å². The number of carbonyl (C=O) groups is 5. The smallest absolute Gasteiger partial charge is 0.539 e. The number of ketones is 1. The van der Waals surface area contributed by atoms with Gasteiger partial charge in [-0.1, -0.05) is 88.1 Å². The summed E-state index contributed by atoms with van der Waals surface area (Å²) in [5.41, 5.74) is -1.89. The monoisotopic (exact) mass is 1200 g/mol. The molecule has 0 spiro atoms. The molecule has 1 aliphatic heterocycles. The number of rotatable bonds is 9. The van der Waals surface area contributed by atoms with Crippen molar-refractivity contribution in [3.63, 3.8) is 0 Å². The molecule has 3 aromatic rings. The third-order valence-corrected chi connectivity index (χ3v) is 14.2. The molecule has 0 radical (unpaired) electrons. The van der Waals surface area contributed by atoms with Crippen LogP contribution < -0.4 is 5.32 Å². The maximum absolute atomic E-state index is 14.8. The Morgan fingerprint density at radius 2 is 1.51 bits per heavy atom. The van der Waals surface area contributed by atoms with Gasteiger partial charge in [0, 0.05) is 29.4 Å². The van der Waals surface area contributed by atoms with Gasteiger partial charge in [0.2, 0.25) is 0 Å². The van der Waals surface area contributed by atoms with Crippen LogP contribution in [0.15, 0.2) is 96.1 Å². The number of allylic oxidation sites excluding steroid dienone is 1. The Morgan fingerprint density at radius 1 is 0.905 bits per heavy atom. The molecular formula is C48H52INO12U. The molecule has 4 aliphatic rings. The summed E-state index contributed by atoms with van der Waals surface area (Å²) in [6, 6.07) is 23.6. The molecule has 10 atom stereocenters. The molecule has 7 rings (SSSR count). The Hall–Kier alpha value is -3.85. The van der Waals surface area contributed by atoms with E-state index in [1.54, 1.807) is 73.7 Å². The van der Waals surface area contributed by atoms with Gasteiger partial charge in [-0.25, -0.2) is 23.1 Å². The van der Waals surface area contributed by atoms with E-state index in [0.717, 1.165) is 9.14 Å². The predicted octanol–water partition coefficient (Wildman–Crippen LogP) is 6.00. The van der Waals surface area contributed by atoms with Crippen LogP contribution in [0.25, 0.3) is 0 Å². The zero-order valence-corrected chi connectivity index (χ0v) is 42.5. The second kappa shape index (κ2) is 19.7. The number of fused-ring (bicyclic) bond motifs is 5. The Kier molecular flexibility index (Phi) is 15.7. The molecule has 1 heterocycles. The fourth-order valence-corrected chi connectivity index (χ4v) is 10.2. The minimum Gasteiger partial charge on any atom is -0.539 e. The number of esters is 3. The standard InChI is InChI=1S/C32H39O9.C16H13INO3.U/c1-17-13-14-30(6)27(40-28(37)20-11-9-8-10-12-20)25-31(7,21(35)15-22-32(25,16-38-22)41-19(3)34)26(36)24(39-18(2)33)23(17)29(30,4)5;17-13-8-6-12(7-9-13)16(21)18-15(14(20)10-19)11-4-2-1-3-5-11;/h8-13,21-22,24-25,27,35H,14-16H2,1-7H3;1-9,14-15,20H,(H,18,21);/q2*-1;+2/t21-,22+,24+,25?,27-,30-,31+,32-;14-,15-;/m00./s1. The summed E-state index contributed by atoms with van der Waals surface area (Å²) in [6.07, 6.45) is -1.74. The van der Waals surface area contributed by atoms with Crippen LogP contribution in [0, 0.1) is 63.3 Å². The second-order valence-electron chi connectivity index (χ2n) is 17.4. The van der Waals surface area contributed by atoms with Gasteiger partial charge in [0.05, 0.1) is 35.6 Å². The van der Waals surface area contributed by atoms with Crippen molar-refractivity contribution in [1.29, 1.82) is 0 Å². The van der Waals surface area contributed by atoms with Gasteiger partial charge in [-0.2, -0.15) is 5.57 Å². The van der Waals surface area contributed by atoms with Gasteiger partial charge >= 0.3 is 49.0 Å². The van der Waals surface area contributed by atoms with Gasteiger partial charge in [-0.3, -0.25) is 19.2 Å². The van der Waals surface area contributed by atoms with Crippen LogP contribution >= 0.6 is 22.6 Å². The SMILES string of the molecule is CC(=O)O[C@H]1C(=O)[C@@]2(C)C([C@H](OC(=O)c3ccccc3)[C@]3(C)C[CH-]C(C)=C1C3(C)C)[C@]1(OC(C)=O)CO[C@@H]1C[C@@H]2O.O=[C-][C@H](O)[C@@H](NC(=O)c1ccc(I)cc1)c1ccccc1.[U+2]. The van der Waals surface area contributed by atoms with E-state index in [9.17, 15) is 39.0 Å². The molecule has 332 valence electrons. The Morgan fingerprint density at radius 3 is 2.05 bits per heavy atom. The van der Waals surface area contributed by atoms with E-state index in [0.29, 0.717) is 28.7 Å². The first kappa shape index (κ1) is 50.2. The van der Waals surface area contributed by atoms with E-state index in [1.807, 2.05) is 52.3 Å². The molecule has 2 saturated carbocycles. The number of aliphatic hydroxyl groups is 2. The number of Topliss-reactive ketones (excluding diaryl/α,β-unsaturated/α-hetero) is 1. The van der Waals surface area contributed by atoms with Crippen molar-refractivity contribution in [2.75, 3.05) is 6.61 Å². The molecule has 0 aromatic heterocycles. The summed E-state index contributed by atoms with van der Waals surface area (Å²) >= 11 is 2.15. The van der Waals surface area contributed by atoms with Crippen LogP contribution in [0.2, 0.25) is 0 Å². The molecule has 3 aromatic carbocycles. The van der Waals surface area contributed by atoms with Crippen LogP contribution in [-0.2, 0) is 38.1 Å². The Bertz CT molecular complexity index is 2240. The van der Waals surface area contributed by atoms with Crippen molar-refractivity contribution in [1.82, 2.24) is 5.32 Å². The van der Waals surface area contributed by atoms with Gasteiger partial charge in [-0.05, 0) is 83.0 Å². The van der Waals surface area contributed by atoms with Crippen LogP contribution in [-0.4, -0.2) is 88.8 Å². The first-order chi connectivity index (χ1) is 29.2. The average Bonchev–Trinajstić information content (AvgIpc) is 3.23. The Labute approximate surface area is 404 Å². The number of hydrogen-bond acceptors (Lipinski definition) is 12. The molecule has 1 saturated heterocycles. The number of aliphatic hydroxyl groups excluding tert-OH is 2. The number of ether oxygens (including phenoxy) is 4. The minimum absolute atomic E-state index is 0. The molecular weight excluding hydrogens is 1150 g/mol. The van der Waals surface area contributed by atoms with E-state index in [4.69, 9.17) is 18.9 Å². The third kappa shape index (κ3) is 9.33. The van der Waals surface area contributed by atoms with Crippen molar-refractivity contribution in [2.24, 2.45) is 22.2 Å². The van der Waals surface area contributed by atoms with Gasteiger partial charge in [0.1, 0.15) is 18.3 Å². The first-order valence-corrected chi connectivity index (χ1v) is 21.5. The van der Waals surface area contributed by atoms with E-state index >= 15 is 0 Å². The number of nitrogens with one attached hydrogen (secondary N) is 1. The van der Waals surface area contributed by atoms with Crippen molar-refractivity contribution in [2.45, 2.75) is 103 Å². The van der Waals surface area contributed by atoms with E-state index < -0.39 is 88.0 Å². The predicted molar refractivity (Wildman–Crippen MR) is 234 cm³/mol. The molecule has 63 heavy (non-hydrogen) atoms. The van der Waals surface area contributed by atoms with Crippen molar-refractivity contribution >= 4 is 58.5 Å². The fourth-order valence-electron chi connectivity index (χ4n) is 9.85. The fraction of sp³-hybridized carbons (Fsp3) is 0.438.